The third kappa shape index (κ3) is 8.34. The number of amides is 1. The summed E-state index contributed by atoms with van der Waals surface area (Å²) < 4.78 is 5.16. The van der Waals surface area contributed by atoms with Crippen LogP contribution in [0.2, 0.25) is 0 Å². The molecule has 0 radical (unpaired) electrons. The quantitative estimate of drug-likeness (QED) is 0.425. The van der Waals surface area contributed by atoms with Crippen LogP contribution in [0.25, 0.3) is 0 Å². The highest BCUT2D eigenvalue weighted by Crippen LogP contribution is 2.25. The normalized spacial score (nSPS) is 11.4. The average molecular weight is 353 g/mol. The van der Waals surface area contributed by atoms with E-state index in [1.807, 2.05) is 26.8 Å². The highest BCUT2D eigenvalue weighted by Gasteiger charge is 2.16. The molecule has 0 spiro atoms. The van der Waals surface area contributed by atoms with Crippen molar-refractivity contribution >= 4 is 23.6 Å². The van der Waals surface area contributed by atoms with Crippen LogP contribution in [0.1, 0.15) is 64.2 Å². The summed E-state index contributed by atoms with van der Waals surface area (Å²) in [6.07, 6.45) is 3.20. The molecule has 1 heterocycles. The topological polar surface area (TPSA) is 68.3 Å². The zero-order chi connectivity index (χ0) is 18.2. The van der Waals surface area contributed by atoms with Gasteiger partial charge in [0, 0.05) is 30.0 Å². The van der Waals surface area contributed by atoms with Gasteiger partial charge in [0.1, 0.15) is 10.6 Å². The monoisotopic (exact) mass is 352 g/mol. The number of ketones is 1. The molecule has 0 atom stereocenters. The number of thioether (sulfide) groups is 1. The van der Waals surface area contributed by atoms with E-state index in [2.05, 4.69) is 24.1 Å². The molecule has 0 bridgehead atoms. The molecule has 0 fully saturated rings. The highest BCUT2D eigenvalue weighted by atomic mass is 32.2. The van der Waals surface area contributed by atoms with Gasteiger partial charge in [-0.2, -0.15) is 0 Å². The number of hydrogen-bond acceptors (Lipinski definition) is 5. The van der Waals surface area contributed by atoms with Crippen LogP contribution in [0.4, 0.5) is 4.79 Å². The lowest BCUT2D eigenvalue weighted by molar-refractivity contribution is 0.0527. The Morgan fingerprint density at radius 1 is 1.29 bits per heavy atom. The van der Waals surface area contributed by atoms with Crippen LogP contribution in [0.15, 0.2) is 23.4 Å². The maximum Gasteiger partial charge on any atom is 0.407 e. The zero-order valence-electron chi connectivity index (χ0n) is 15.2. The Hall–Kier alpha value is -1.56. The van der Waals surface area contributed by atoms with Gasteiger partial charge < -0.3 is 10.1 Å². The van der Waals surface area contributed by atoms with E-state index < -0.39 is 11.7 Å². The molecular formula is C18H28N2O3S. The first kappa shape index (κ1) is 20.5. The number of alkyl carbamates (subject to hydrolysis) is 1. The maximum absolute atomic E-state index is 12.4. The molecule has 0 saturated heterocycles. The number of unbranched alkanes of at least 4 members (excludes halogenated alkanes) is 1. The van der Waals surface area contributed by atoms with E-state index in [4.69, 9.17) is 4.74 Å². The average Bonchev–Trinajstić information content (AvgIpc) is 2.44. The predicted octanol–water partition coefficient (Wildman–Crippen LogP) is 4.46. The Labute approximate surface area is 149 Å². The summed E-state index contributed by atoms with van der Waals surface area (Å²) in [5.41, 5.74) is 0.196. The summed E-state index contributed by atoms with van der Waals surface area (Å²) in [6, 6.07) is 3.63. The molecule has 1 aromatic heterocycles. The first-order chi connectivity index (χ1) is 11.2. The molecule has 0 aromatic carbocycles. The van der Waals surface area contributed by atoms with Crippen LogP contribution in [0.5, 0.6) is 0 Å². The van der Waals surface area contributed by atoms with E-state index in [1.54, 1.807) is 24.0 Å². The van der Waals surface area contributed by atoms with Gasteiger partial charge in [-0.05, 0) is 45.7 Å². The number of carbonyl (C=O) groups excluding carboxylic acids is 2. The minimum Gasteiger partial charge on any atom is -0.444 e. The fourth-order valence-electron chi connectivity index (χ4n) is 1.97. The fraction of sp³-hybridized carbons (Fsp3) is 0.611. The van der Waals surface area contributed by atoms with Crippen molar-refractivity contribution in [2.24, 2.45) is 0 Å². The molecule has 134 valence electrons. The molecular weight excluding hydrogens is 324 g/mol. The number of hydrogen-bond donors (Lipinski definition) is 1. The van der Waals surface area contributed by atoms with Crippen molar-refractivity contribution in [1.82, 2.24) is 10.3 Å². The van der Waals surface area contributed by atoms with Crippen molar-refractivity contribution in [2.45, 2.75) is 69.8 Å². The van der Waals surface area contributed by atoms with Gasteiger partial charge in [0.05, 0.1) is 0 Å². The maximum atomic E-state index is 12.4. The Morgan fingerprint density at radius 2 is 2.00 bits per heavy atom. The molecule has 1 aromatic rings. The Bertz CT molecular complexity index is 553. The van der Waals surface area contributed by atoms with Gasteiger partial charge in [0.15, 0.2) is 5.78 Å². The summed E-state index contributed by atoms with van der Waals surface area (Å²) in [5.74, 6) is 0.100. The number of rotatable bonds is 8. The number of Topliss-reactive ketones (excluding diaryl/α,β-unsaturated/α-hetero) is 1. The number of carbonyl (C=O) groups is 2. The molecule has 1 rings (SSSR count). The van der Waals surface area contributed by atoms with Crippen LogP contribution in [0.3, 0.4) is 0 Å². The lowest BCUT2D eigenvalue weighted by Gasteiger charge is -2.19. The minimum absolute atomic E-state index is 0.100. The standard InChI is InChI=1S/C18H28N2O3S/c1-13(2)24-16-14(9-8-12-19-16)15(21)10-6-7-11-20-17(22)23-18(3,4)5/h8-9,12-13H,6-7,10-11H2,1-5H3,(H,20,22). The first-order valence-electron chi connectivity index (χ1n) is 8.31. The molecule has 0 unspecified atom stereocenters. The summed E-state index contributed by atoms with van der Waals surface area (Å²) in [7, 11) is 0. The summed E-state index contributed by atoms with van der Waals surface area (Å²) in [4.78, 5) is 28.2. The van der Waals surface area contributed by atoms with Crippen molar-refractivity contribution in [3.63, 3.8) is 0 Å². The van der Waals surface area contributed by atoms with Crippen LogP contribution in [-0.2, 0) is 4.74 Å². The van der Waals surface area contributed by atoms with Gasteiger partial charge in [-0.15, -0.1) is 11.8 Å². The van der Waals surface area contributed by atoms with Gasteiger partial charge in [-0.1, -0.05) is 13.8 Å². The lowest BCUT2D eigenvalue weighted by Crippen LogP contribution is -2.33. The van der Waals surface area contributed by atoms with E-state index >= 15 is 0 Å². The number of ether oxygens (including phenoxy) is 1. The van der Waals surface area contributed by atoms with Crippen LogP contribution in [-0.4, -0.2) is 34.3 Å². The Balaban J connectivity index is 2.36. The van der Waals surface area contributed by atoms with Gasteiger partial charge in [0.2, 0.25) is 0 Å². The number of nitrogens with zero attached hydrogens (tertiary/aromatic N) is 1. The van der Waals surface area contributed by atoms with E-state index in [1.165, 1.54) is 0 Å². The Morgan fingerprint density at radius 3 is 2.62 bits per heavy atom. The zero-order valence-corrected chi connectivity index (χ0v) is 16.0. The van der Waals surface area contributed by atoms with E-state index in [9.17, 15) is 9.59 Å². The lowest BCUT2D eigenvalue weighted by atomic mass is 10.1. The van der Waals surface area contributed by atoms with Gasteiger partial charge in [0.25, 0.3) is 0 Å². The van der Waals surface area contributed by atoms with Crippen molar-refractivity contribution in [1.29, 1.82) is 0 Å². The molecule has 0 aliphatic heterocycles. The van der Waals surface area contributed by atoms with Crippen molar-refractivity contribution in [3.8, 4) is 0 Å². The van der Waals surface area contributed by atoms with Crippen LogP contribution in [0, 0.1) is 0 Å². The van der Waals surface area contributed by atoms with Crippen LogP contribution < -0.4 is 5.32 Å². The second kappa shape index (κ2) is 9.67. The summed E-state index contributed by atoms with van der Waals surface area (Å²) in [5, 5.41) is 3.88. The first-order valence-corrected chi connectivity index (χ1v) is 9.18. The molecule has 0 aliphatic carbocycles. The third-order valence-corrected chi connectivity index (χ3v) is 3.94. The molecule has 0 saturated carbocycles. The van der Waals surface area contributed by atoms with Crippen molar-refractivity contribution in [2.75, 3.05) is 6.54 Å². The molecule has 0 aliphatic rings. The second-order valence-electron chi connectivity index (χ2n) is 6.83. The molecule has 24 heavy (non-hydrogen) atoms. The van der Waals surface area contributed by atoms with Crippen molar-refractivity contribution in [3.05, 3.63) is 23.9 Å². The van der Waals surface area contributed by atoms with Gasteiger partial charge >= 0.3 is 6.09 Å². The van der Waals surface area contributed by atoms with Crippen LogP contribution >= 0.6 is 11.8 Å². The summed E-state index contributed by atoms with van der Waals surface area (Å²) in [6.45, 7) is 10.1. The highest BCUT2D eigenvalue weighted by molar-refractivity contribution is 7.99. The minimum atomic E-state index is -0.495. The molecule has 6 heteroatoms. The molecule has 5 nitrogen and oxygen atoms in total. The number of nitrogens with one attached hydrogen (secondary N) is 1. The molecule has 1 amide bonds. The molecule has 1 N–H and O–H groups in total. The smallest absolute Gasteiger partial charge is 0.407 e. The third-order valence-electron chi connectivity index (χ3n) is 2.92. The van der Waals surface area contributed by atoms with E-state index in [-0.39, 0.29) is 5.78 Å². The number of pyridine rings is 1. The SMILES string of the molecule is CC(C)Sc1ncccc1C(=O)CCCCNC(=O)OC(C)(C)C. The largest absolute Gasteiger partial charge is 0.444 e. The predicted molar refractivity (Wildman–Crippen MR) is 97.6 cm³/mol. The van der Waals surface area contributed by atoms with E-state index in [0.29, 0.717) is 23.8 Å². The van der Waals surface area contributed by atoms with E-state index in [0.717, 1.165) is 17.9 Å². The summed E-state index contributed by atoms with van der Waals surface area (Å²) >= 11 is 1.60. The fourth-order valence-corrected chi connectivity index (χ4v) is 2.85. The van der Waals surface area contributed by atoms with Crippen molar-refractivity contribution < 1.29 is 14.3 Å². The Kier molecular flexibility index (Phi) is 8.25. The van der Waals surface area contributed by atoms with Gasteiger partial charge in [-0.3, -0.25) is 4.79 Å². The number of aromatic nitrogens is 1. The van der Waals surface area contributed by atoms with Gasteiger partial charge in [-0.25, -0.2) is 9.78 Å². The second-order valence-corrected chi connectivity index (χ2v) is 8.40.